The number of hydrogen-bond donors (Lipinski definition) is 1. The van der Waals surface area contributed by atoms with Gasteiger partial charge in [0.05, 0.1) is 0 Å². The summed E-state index contributed by atoms with van der Waals surface area (Å²) in [6.07, 6.45) is 6.34. The molecule has 2 heteroatoms. The zero-order chi connectivity index (χ0) is 24.7. The molecule has 1 aliphatic heterocycles. The van der Waals surface area contributed by atoms with Crippen LogP contribution in [-0.4, -0.2) is 24.0 Å². The largest absolute Gasteiger partial charge is 0.312 e. The van der Waals surface area contributed by atoms with Crippen LogP contribution >= 0.6 is 0 Å². The fourth-order valence-electron chi connectivity index (χ4n) is 4.91. The number of nitrogens with one attached hydrogen (secondary N) is 1. The van der Waals surface area contributed by atoms with Crippen LogP contribution in [0.3, 0.4) is 0 Å². The molecule has 2 nitrogen and oxygen atoms in total. The van der Waals surface area contributed by atoms with E-state index in [1.54, 1.807) is 0 Å². The van der Waals surface area contributed by atoms with E-state index in [2.05, 4.69) is 125 Å². The van der Waals surface area contributed by atoms with E-state index >= 15 is 0 Å². The van der Waals surface area contributed by atoms with E-state index in [-0.39, 0.29) is 0 Å². The fraction of sp³-hybridized carbons (Fsp3) is 0.294. The van der Waals surface area contributed by atoms with Gasteiger partial charge in [-0.05, 0) is 61.0 Å². The van der Waals surface area contributed by atoms with Gasteiger partial charge in [0, 0.05) is 19.1 Å². The van der Waals surface area contributed by atoms with Gasteiger partial charge in [-0.2, -0.15) is 0 Å². The molecule has 1 saturated heterocycles. The summed E-state index contributed by atoms with van der Waals surface area (Å²) < 4.78 is 0. The van der Waals surface area contributed by atoms with E-state index < -0.39 is 0 Å². The Kier molecular flexibility index (Phi) is 10.8. The molecule has 1 aliphatic rings. The molecule has 0 saturated carbocycles. The smallest absolute Gasteiger partial charge is 0.0236 e. The quantitative estimate of drug-likeness (QED) is 0.255. The monoisotopic (exact) mass is 476 g/mol. The molecule has 0 bridgehead atoms. The molecule has 186 valence electrons. The van der Waals surface area contributed by atoms with Gasteiger partial charge in [0.25, 0.3) is 0 Å². The topological polar surface area (TPSA) is 15.3 Å². The maximum absolute atomic E-state index is 3.45. The molecule has 1 fully saturated rings. The zero-order valence-corrected chi connectivity index (χ0v) is 21.4. The Morgan fingerprint density at radius 1 is 0.583 bits per heavy atom. The lowest BCUT2D eigenvalue weighted by atomic mass is 9.95. The standard InChI is InChI=1S/C19H23N.C15H17N/c1-3-9-17(10-4-1)15-19-13-7-8-14-20(19)16-18-11-5-2-6-12-18;1-3-7-14(8-4-1)11-12-16-13-15-9-5-2-6-10-15/h1-6,9-12,19H,7-8,13-16H2;1-10,16H,11-13H2. The third kappa shape index (κ3) is 9.11. The predicted octanol–water partition coefficient (Wildman–Crippen LogP) is 7.30. The summed E-state index contributed by atoms with van der Waals surface area (Å²) in [6.45, 7) is 4.32. The molecule has 0 aromatic heterocycles. The highest BCUT2D eigenvalue weighted by Gasteiger charge is 2.22. The summed E-state index contributed by atoms with van der Waals surface area (Å²) in [5, 5.41) is 3.45. The maximum Gasteiger partial charge on any atom is 0.0236 e. The molecule has 36 heavy (non-hydrogen) atoms. The minimum Gasteiger partial charge on any atom is -0.312 e. The molecular formula is C34H40N2. The lowest BCUT2D eigenvalue weighted by Gasteiger charge is -2.36. The molecule has 5 rings (SSSR count). The maximum atomic E-state index is 3.45. The van der Waals surface area contributed by atoms with Crippen LogP contribution in [-0.2, 0) is 25.9 Å². The second-order valence-electron chi connectivity index (χ2n) is 9.69. The van der Waals surface area contributed by atoms with Gasteiger partial charge >= 0.3 is 0 Å². The highest BCUT2D eigenvalue weighted by molar-refractivity contribution is 5.18. The van der Waals surface area contributed by atoms with Crippen molar-refractivity contribution in [3.05, 3.63) is 144 Å². The fourth-order valence-corrected chi connectivity index (χ4v) is 4.91. The van der Waals surface area contributed by atoms with Gasteiger partial charge in [-0.15, -0.1) is 0 Å². The SMILES string of the molecule is c1ccc(CC2CCCCN2Cc2ccccc2)cc1.c1ccc(CCNCc2ccccc2)cc1. The summed E-state index contributed by atoms with van der Waals surface area (Å²) in [7, 11) is 0. The van der Waals surface area contributed by atoms with Crippen LogP contribution in [0.2, 0.25) is 0 Å². The van der Waals surface area contributed by atoms with Crippen LogP contribution in [0, 0.1) is 0 Å². The number of likely N-dealkylation sites (tertiary alicyclic amines) is 1. The Morgan fingerprint density at radius 3 is 1.72 bits per heavy atom. The Hall–Kier alpha value is -3.20. The second-order valence-corrected chi connectivity index (χ2v) is 9.69. The number of hydrogen-bond acceptors (Lipinski definition) is 2. The Morgan fingerprint density at radius 2 is 1.11 bits per heavy atom. The summed E-state index contributed by atoms with van der Waals surface area (Å²) in [6, 6.07) is 43.6. The van der Waals surface area contributed by atoms with Crippen LogP contribution < -0.4 is 5.32 Å². The zero-order valence-electron chi connectivity index (χ0n) is 21.4. The summed E-state index contributed by atoms with van der Waals surface area (Å²) in [5.74, 6) is 0. The predicted molar refractivity (Wildman–Crippen MR) is 153 cm³/mol. The molecule has 0 amide bonds. The summed E-state index contributed by atoms with van der Waals surface area (Å²) >= 11 is 0. The van der Waals surface area contributed by atoms with E-state index in [0.717, 1.165) is 26.1 Å². The minimum atomic E-state index is 0.700. The average molecular weight is 477 g/mol. The molecule has 4 aromatic carbocycles. The number of rotatable bonds is 9. The first kappa shape index (κ1) is 25.9. The van der Waals surface area contributed by atoms with Gasteiger partial charge in [0.15, 0.2) is 0 Å². The highest BCUT2D eigenvalue weighted by atomic mass is 15.2. The van der Waals surface area contributed by atoms with Crippen molar-refractivity contribution >= 4 is 0 Å². The van der Waals surface area contributed by atoms with E-state index in [4.69, 9.17) is 0 Å². The lowest BCUT2D eigenvalue weighted by Crippen LogP contribution is -2.40. The van der Waals surface area contributed by atoms with Crippen LogP contribution in [0.4, 0.5) is 0 Å². The van der Waals surface area contributed by atoms with Gasteiger partial charge in [-0.3, -0.25) is 4.90 Å². The Labute approximate surface area is 218 Å². The molecule has 1 N–H and O–H groups in total. The van der Waals surface area contributed by atoms with Gasteiger partial charge in [0.2, 0.25) is 0 Å². The normalized spacial score (nSPS) is 15.6. The van der Waals surface area contributed by atoms with Crippen molar-refractivity contribution in [1.29, 1.82) is 0 Å². The van der Waals surface area contributed by atoms with Crippen LogP contribution in [0.15, 0.2) is 121 Å². The molecule has 4 aromatic rings. The molecule has 0 radical (unpaired) electrons. The van der Waals surface area contributed by atoms with Crippen molar-refractivity contribution in [3.8, 4) is 0 Å². The third-order valence-corrected chi connectivity index (χ3v) is 6.90. The third-order valence-electron chi connectivity index (χ3n) is 6.90. The van der Waals surface area contributed by atoms with E-state index in [1.165, 1.54) is 54.5 Å². The van der Waals surface area contributed by atoms with Gasteiger partial charge in [0.1, 0.15) is 0 Å². The second kappa shape index (κ2) is 15.0. The molecule has 1 atom stereocenters. The minimum absolute atomic E-state index is 0.700. The van der Waals surface area contributed by atoms with Gasteiger partial charge < -0.3 is 5.32 Å². The molecular weight excluding hydrogens is 436 g/mol. The van der Waals surface area contributed by atoms with Crippen molar-refractivity contribution in [2.45, 2.75) is 51.2 Å². The summed E-state index contributed by atoms with van der Waals surface area (Å²) in [4.78, 5) is 2.67. The van der Waals surface area contributed by atoms with Crippen LogP contribution in [0.25, 0.3) is 0 Å². The number of piperidine rings is 1. The first-order chi connectivity index (χ1) is 17.9. The van der Waals surface area contributed by atoms with Crippen molar-refractivity contribution in [2.75, 3.05) is 13.1 Å². The van der Waals surface area contributed by atoms with Gasteiger partial charge in [-0.25, -0.2) is 0 Å². The molecule has 1 unspecified atom stereocenters. The van der Waals surface area contributed by atoms with E-state index in [0.29, 0.717) is 6.04 Å². The van der Waals surface area contributed by atoms with Crippen LogP contribution in [0.5, 0.6) is 0 Å². The highest BCUT2D eigenvalue weighted by Crippen LogP contribution is 2.22. The average Bonchev–Trinajstić information content (AvgIpc) is 2.95. The van der Waals surface area contributed by atoms with Crippen molar-refractivity contribution in [1.82, 2.24) is 10.2 Å². The van der Waals surface area contributed by atoms with Crippen molar-refractivity contribution in [2.24, 2.45) is 0 Å². The molecule has 0 aliphatic carbocycles. The van der Waals surface area contributed by atoms with Gasteiger partial charge in [-0.1, -0.05) is 128 Å². The lowest BCUT2D eigenvalue weighted by molar-refractivity contribution is 0.139. The first-order valence-corrected chi connectivity index (χ1v) is 13.5. The molecule has 1 heterocycles. The van der Waals surface area contributed by atoms with E-state index in [1.807, 2.05) is 6.07 Å². The number of nitrogens with zero attached hydrogens (tertiary/aromatic N) is 1. The Balaban J connectivity index is 0.000000174. The van der Waals surface area contributed by atoms with Crippen LogP contribution in [0.1, 0.15) is 41.5 Å². The summed E-state index contributed by atoms with van der Waals surface area (Å²) in [5.41, 5.74) is 5.64. The first-order valence-electron chi connectivity index (χ1n) is 13.5. The van der Waals surface area contributed by atoms with Crippen molar-refractivity contribution < 1.29 is 0 Å². The van der Waals surface area contributed by atoms with Crippen molar-refractivity contribution in [3.63, 3.8) is 0 Å². The van der Waals surface area contributed by atoms with E-state index in [9.17, 15) is 0 Å². The Bertz CT molecular complexity index is 990. The molecule has 0 spiro atoms. The number of benzene rings is 4.